The summed E-state index contributed by atoms with van der Waals surface area (Å²) in [5.74, 6) is 1.32. The summed E-state index contributed by atoms with van der Waals surface area (Å²) >= 11 is 0. The van der Waals surface area contributed by atoms with Crippen LogP contribution >= 0.6 is 0 Å². The van der Waals surface area contributed by atoms with Crippen molar-refractivity contribution in [1.29, 1.82) is 0 Å². The van der Waals surface area contributed by atoms with E-state index in [4.69, 9.17) is 0 Å². The predicted octanol–water partition coefficient (Wildman–Crippen LogP) is 1.62. The van der Waals surface area contributed by atoms with Gasteiger partial charge >= 0.3 is 0 Å². The minimum atomic E-state index is 0.652. The highest BCUT2D eigenvalue weighted by atomic mass is 15.3. The topological polar surface area (TPSA) is 55.6 Å². The van der Waals surface area contributed by atoms with Crippen LogP contribution in [0, 0.1) is 5.92 Å². The molecule has 0 atom stereocenters. The van der Waals surface area contributed by atoms with Gasteiger partial charge in [-0.25, -0.2) is 9.97 Å². The Morgan fingerprint density at radius 3 is 2.56 bits per heavy atom. The number of aryl methyl sites for hydroxylation is 1. The minimum Gasteiger partial charge on any atom is -0.312 e. The van der Waals surface area contributed by atoms with E-state index in [9.17, 15) is 0 Å². The Hall–Kier alpha value is -1.75. The van der Waals surface area contributed by atoms with Crippen LogP contribution in [0.5, 0.6) is 0 Å². The average Bonchev–Trinajstić information content (AvgIpc) is 2.76. The van der Waals surface area contributed by atoms with Crippen molar-refractivity contribution in [2.75, 3.05) is 6.54 Å². The van der Waals surface area contributed by atoms with Gasteiger partial charge in [-0.3, -0.25) is 4.68 Å². The van der Waals surface area contributed by atoms with E-state index < -0.39 is 0 Å². The molecule has 18 heavy (non-hydrogen) atoms. The molecule has 0 saturated heterocycles. The van der Waals surface area contributed by atoms with Gasteiger partial charge in [-0.1, -0.05) is 13.8 Å². The van der Waals surface area contributed by atoms with Crippen LogP contribution in [0.15, 0.2) is 24.7 Å². The molecule has 0 aliphatic rings. The van der Waals surface area contributed by atoms with Crippen LogP contribution in [-0.2, 0) is 13.6 Å². The zero-order chi connectivity index (χ0) is 13.0. The smallest absolute Gasteiger partial charge is 0.180 e. The number of rotatable bonds is 5. The van der Waals surface area contributed by atoms with Gasteiger partial charge in [-0.05, 0) is 18.5 Å². The average molecular weight is 245 g/mol. The lowest BCUT2D eigenvalue weighted by Gasteiger charge is -2.06. The van der Waals surface area contributed by atoms with Gasteiger partial charge in [-0.2, -0.15) is 5.10 Å². The molecule has 0 bridgehead atoms. The lowest BCUT2D eigenvalue weighted by atomic mass is 10.2. The molecule has 2 aromatic heterocycles. The molecule has 0 aliphatic carbocycles. The van der Waals surface area contributed by atoms with E-state index in [0.717, 1.165) is 24.3 Å². The summed E-state index contributed by atoms with van der Waals surface area (Å²) in [4.78, 5) is 8.67. The first-order valence-corrected chi connectivity index (χ1v) is 6.17. The molecule has 0 aliphatic heterocycles. The fraction of sp³-hybridized carbons (Fsp3) is 0.462. The van der Waals surface area contributed by atoms with Gasteiger partial charge in [0.05, 0.1) is 0 Å². The predicted molar refractivity (Wildman–Crippen MR) is 70.8 cm³/mol. The van der Waals surface area contributed by atoms with Gasteiger partial charge in [0.25, 0.3) is 0 Å². The van der Waals surface area contributed by atoms with E-state index in [1.807, 2.05) is 31.7 Å². The van der Waals surface area contributed by atoms with Crippen molar-refractivity contribution in [1.82, 2.24) is 25.1 Å². The largest absolute Gasteiger partial charge is 0.312 e. The van der Waals surface area contributed by atoms with Crippen molar-refractivity contribution >= 4 is 0 Å². The Kier molecular flexibility index (Phi) is 4.04. The number of aromatic nitrogens is 4. The van der Waals surface area contributed by atoms with E-state index in [-0.39, 0.29) is 0 Å². The van der Waals surface area contributed by atoms with Gasteiger partial charge in [0.2, 0.25) is 0 Å². The monoisotopic (exact) mass is 245 g/mol. The Bertz CT molecular complexity index is 486. The van der Waals surface area contributed by atoms with E-state index in [2.05, 4.69) is 34.2 Å². The second-order valence-electron chi connectivity index (χ2n) is 4.81. The maximum atomic E-state index is 4.33. The summed E-state index contributed by atoms with van der Waals surface area (Å²) in [6, 6.07) is 1.91. The summed E-state index contributed by atoms with van der Waals surface area (Å²) in [6.45, 7) is 6.18. The van der Waals surface area contributed by atoms with Crippen LogP contribution in [-0.4, -0.2) is 26.3 Å². The lowest BCUT2D eigenvalue weighted by Crippen LogP contribution is -2.19. The standard InChI is InChI=1S/C13H19N5/c1-10(2)6-14-7-11-8-15-13(16-9-11)12-4-5-18(3)17-12/h4-5,8-10,14H,6-7H2,1-3H3. The van der Waals surface area contributed by atoms with Crippen LogP contribution in [0.1, 0.15) is 19.4 Å². The highest BCUT2D eigenvalue weighted by Gasteiger charge is 2.04. The highest BCUT2D eigenvalue weighted by molar-refractivity contribution is 5.47. The van der Waals surface area contributed by atoms with E-state index in [0.29, 0.717) is 11.7 Å². The Labute approximate surface area is 107 Å². The third-order valence-electron chi connectivity index (χ3n) is 2.53. The highest BCUT2D eigenvalue weighted by Crippen LogP contribution is 2.10. The third-order valence-corrected chi connectivity index (χ3v) is 2.53. The molecule has 0 saturated carbocycles. The molecule has 0 spiro atoms. The molecule has 5 nitrogen and oxygen atoms in total. The van der Waals surface area contributed by atoms with Crippen molar-refractivity contribution in [3.63, 3.8) is 0 Å². The molecule has 1 N–H and O–H groups in total. The molecule has 0 aromatic carbocycles. The Morgan fingerprint density at radius 2 is 2.00 bits per heavy atom. The van der Waals surface area contributed by atoms with E-state index >= 15 is 0 Å². The SMILES string of the molecule is CC(C)CNCc1cnc(-c2ccn(C)n2)nc1. The summed E-state index contributed by atoms with van der Waals surface area (Å²) in [6.07, 6.45) is 5.59. The number of hydrogen-bond acceptors (Lipinski definition) is 4. The van der Waals surface area contributed by atoms with E-state index in [1.165, 1.54) is 0 Å². The molecule has 96 valence electrons. The molecule has 0 fully saturated rings. The van der Waals surface area contributed by atoms with Crippen molar-refractivity contribution in [2.45, 2.75) is 20.4 Å². The quantitative estimate of drug-likeness (QED) is 0.869. The number of nitrogens with one attached hydrogen (secondary N) is 1. The first-order chi connectivity index (χ1) is 8.65. The zero-order valence-electron chi connectivity index (χ0n) is 11.1. The van der Waals surface area contributed by atoms with Crippen LogP contribution in [0.4, 0.5) is 0 Å². The third kappa shape index (κ3) is 3.37. The molecule has 0 amide bonds. The van der Waals surface area contributed by atoms with Gasteiger partial charge in [-0.15, -0.1) is 0 Å². The molecular weight excluding hydrogens is 226 g/mol. The maximum Gasteiger partial charge on any atom is 0.180 e. The lowest BCUT2D eigenvalue weighted by molar-refractivity contribution is 0.551. The van der Waals surface area contributed by atoms with Crippen LogP contribution in [0.2, 0.25) is 0 Å². The second-order valence-corrected chi connectivity index (χ2v) is 4.81. The minimum absolute atomic E-state index is 0.652. The first kappa shape index (κ1) is 12.7. The first-order valence-electron chi connectivity index (χ1n) is 6.17. The van der Waals surface area contributed by atoms with Gasteiger partial charge < -0.3 is 5.32 Å². The molecule has 0 unspecified atom stereocenters. The molecule has 0 radical (unpaired) electrons. The normalized spacial score (nSPS) is 11.1. The van der Waals surface area contributed by atoms with Crippen molar-refractivity contribution in [3.8, 4) is 11.5 Å². The van der Waals surface area contributed by atoms with E-state index in [1.54, 1.807) is 4.68 Å². The molecule has 2 heterocycles. The molecular formula is C13H19N5. The van der Waals surface area contributed by atoms with Gasteiger partial charge in [0.15, 0.2) is 5.82 Å². The van der Waals surface area contributed by atoms with Crippen molar-refractivity contribution in [2.24, 2.45) is 13.0 Å². The molecule has 2 aromatic rings. The Morgan fingerprint density at radius 1 is 1.28 bits per heavy atom. The summed E-state index contributed by atoms with van der Waals surface area (Å²) in [7, 11) is 1.88. The summed E-state index contributed by atoms with van der Waals surface area (Å²) in [5, 5.41) is 7.64. The number of hydrogen-bond donors (Lipinski definition) is 1. The van der Waals surface area contributed by atoms with Crippen LogP contribution < -0.4 is 5.32 Å². The second kappa shape index (κ2) is 5.73. The van der Waals surface area contributed by atoms with Gasteiger partial charge in [0, 0.05) is 37.7 Å². The number of nitrogens with zero attached hydrogens (tertiary/aromatic N) is 4. The van der Waals surface area contributed by atoms with Crippen molar-refractivity contribution < 1.29 is 0 Å². The zero-order valence-corrected chi connectivity index (χ0v) is 11.1. The summed E-state index contributed by atoms with van der Waals surface area (Å²) < 4.78 is 1.75. The van der Waals surface area contributed by atoms with Gasteiger partial charge in [0.1, 0.15) is 5.69 Å². The Balaban J connectivity index is 1.97. The molecule has 5 heteroatoms. The maximum absolute atomic E-state index is 4.33. The fourth-order valence-corrected chi connectivity index (χ4v) is 1.62. The van der Waals surface area contributed by atoms with Crippen LogP contribution in [0.3, 0.4) is 0 Å². The fourth-order valence-electron chi connectivity index (χ4n) is 1.62. The van der Waals surface area contributed by atoms with Crippen molar-refractivity contribution in [3.05, 3.63) is 30.2 Å². The van der Waals surface area contributed by atoms with Crippen LogP contribution in [0.25, 0.3) is 11.5 Å². The summed E-state index contributed by atoms with van der Waals surface area (Å²) in [5.41, 5.74) is 1.90. The molecule has 2 rings (SSSR count).